The predicted octanol–water partition coefficient (Wildman–Crippen LogP) is 3.45. The number of amides is 1. The molecule has 1 aliphatic rings. The van der Waals surface area contributed by atoms with Gasteiger partial charge in [0.1, 0.15) is 23.4 Å². The molecule has 0 atom stereocenters. The van der Waals surface area contributed by atoms with Crippen LogP contribution in [-0.4, -0.2) is 37.1 Å². The van der Waals surface area contributed by atoms with Crippen LogP contribution in [0.4, 0.5) is 4.39 Å². The molecule has 0 spiro atoms. The van der Waals surface area contributed by atoms with Gasteiger partial charge in [0.25, 0.3) is 0 Å². The standard InChI is InChI=1S/C20H22FNO3/c1-24-17-6-8-18(9-7-17)25-19-10-12-22(13-11-19)20(23)14-15-2-4-16(21)5-3-15/h2-9,19H,10-14H2,1H3. The van der Waals surface area contributed by atoms with Crippen molar-refractivity contribution in [3.8, 4) is 11.5 Å². The molecule has 1 aliphatic heterocycles. The summed E-state index contributed by atoms with van der Waals surface area (Å²) in [7, 11) is 1.63. The van der Waals surface area contributed by atoms with Gasteiger partial charge in [0.05, 0.1) is 13.5 Å². The number of ether oxygens (including phenoxy) is 2. The van der Waals surface area contributed by atoms with Gasteiger partial charge < -0.3 is 14.4 Å². The van der Waals surface area contributed by atoms with Crippen molar-refractivity contribution in [2.45, 2.75) is 25.4 Å². The van der Waals surface area contributed by atoms with Crippen molar-refractivity contribution in [1.29, 1.82) is 0 Å². The van der Waals surface area contributed by atoms with E-state index in [1.165, 1.54) is 12.1 Å². The van der Waals surface area contributed by atoms with E-state index in [2.05, 4.69) is 0 Å². The smallest absolute Gasteiger partial charge is 0.226 e. The zero-order valence-corrected chi connectivity index (χ0v) is 14.3. The molecule has 0 unspecified atom stereocenters. The van der Waals surface area contributed by atoms with Crippen molar-refractivity contribution < 1.29 is 18.7 Å². The van der Waals surface area contributed by atoms with E-state index in [1.54, 1.807) is 19.2 Å². The predicted molar refractivity (Wildman–Crippen MR) is 93.3 cm³/mol. The van der Waals surface area contributed by atoms with Crippen LogP contribution in [0.1, 0.15) is 18.4 Å². The minimum absolute atomic E-state index is 0.0782. The molecule has 0 N–H and O–H groups in total. The number of carbonyl (C=O) groups excluding carboxylic acids is 1. The average Bonchev–Trinajstić information content (AvgIpc) is 2.65. The summed E-state index contributed by atoms with van der Waals surface area (Å²) in [4.78, 5) is 14.2. The quantitative estimate of drug-likeness (QED) is 0.835. The highest BCUT2D eigenvalue weighted by Gasteiger charge is 2.24. The van der Waals surface area contributed by atoms with Gasteiger partial charge in [-0.2, -0.15) is 0 Å². The molecule has 2 aromatic rings. The number of halogens is 1. The van der Waals surface area contributed by atoms with Crippen molar-refractivity contribution >= 4 is 5.91 Å². The van der Waals surface area contributed by atoms with Gasteiger partial charge in [-0.05, 0) is 42.0 Å². The molecule has 0 bridgehead atoms. The molecule has 5 heteroatoms. The van der Waals surface area contributed by atoms with E-state index < -0.39 is 0 Å². The number of piperidine rings is 1. The first-order chi connectivity index (χ1) is 12.1. The molecule has 4 nitrogen and oxygen atoms in total. The van der Waals surface area contributed by atoms with Crippen LogP contribution < -0.4 is 9.47 Å². The molecular weight excluding hydrogens is 321 g/mol. The Morgan fingerprint density at radius 2 is 1.64 bits per heavy atom. The number of carbonyl (C=O) groups is 1. The third kappa shape index (κ3) is 4.72. The molecule has 0 saturated carbocycles. The summed E-state index contributed by atoms with van der Waals surface area (Å²) >= 11 is 0. The number of hydrogen-bond donors (Lipinski definition) is 0. The highest BCUT2D eigenvalue weighted by Crippen LogP contribution is 2.22. The maximum Gasteiger partial charge on any atom is 0.226 e. The topological polar surface area (TPSA) is 38.8 Å². The summed E-state index contributed by atoms with van der Waals surface area (Å²) in [6, 6.07) is 13.6. The number of rotatable bonds is 5. The van der Waals surface area contributed by atoms with E-state index in [9.17, 15) is 9.18 Å². The molecule has 1 fully saturated rings. The first-order valence-electron chi connectivity index (χ1n) is 8.47. The molecule has 1 saturated heterocycles. The maximum atomic E-state index is 12.9. The van der Waals surface area contributed by atoms with E-state index in [0.29, 0.717) is 19.5 Å². The number of nitrogens with zero attached hydrogens (tertiary/aromatic N) is 1. The normalized spacial score (nSPS) is 15.0. The lowest BCUT2D eigenvalue weighted by Gasteiger charge is -2.32. The van der Waals surface area contributed by atoms with Crippen molar-refractivity contribution in [2.75, 3.05) is 20.2 Å². The minimum Gasteiger partial charge on any atom is -0.497 e. The molecule has 0 aliphatic carbocycles. The summed E-state index contributed by atoms with van der Waals surface area (Å²) in [6.07, 6.45) is 2.04. The zero-order valence-electron chi connectivity index (χ0n) is 14.3. The summed E-state index contributed by atoms with van der Waals surface area (Å²) in [6.45, 7) is 1.36. The largest absolute Gasteiger partial charge is 0.497 e. The SMILES string of the molecule is COc1ccc(OC2CCN(C(=O)Cc3ccc(F)cc3)CC2)cc1. The number of methoxy groups -OCH3 is 1. The van der Waals surface area contributed by atoms with Crippen molar-refractivity contribution in [1.82, 2.24) is 4.90 Å². The van der Waals surface area contributed by atoms with E-state index in [0.717, 1.165) is 29.9 Å². The van der Waals surface area contributed by atoms with Gasteiger partial charge in [-0.25, -0.2) is 4.39 Å². The summed E-state index contributed by atoms with van der Waals surface area (Å²) in [5.41, 5.74) is 0.836. The van der Waals surface area contributed by atoms with Gasteiger partial charge in [-0.3, -0.25) is 4.79 Å². The van der Waals surface area contributed by atoms with Crippen molar-refractivity contribution in [3.63, 3.8) is 0 Å². The van der Waals surface area contributed by atoms with Crippen LogP contribution >= 0.6 is 0 Å². The Morgan fingerprint density at radius 1 is 1.04 bits per heavy atom. The fraction of sp³-hybridized carbons (Fsp3) is 0.350. The summed E-state index contributed by atoms with van der Waals surface area (Å²) in [5, 5.41) is 0. The second-order valence-electron chi connectivity index (χ2n) is 6.18. The van der Waals surface area contributed by atoms with Gasteiger partial charge in [0, 0.05) is 25.9 Å². The van der Waals surface area contributed by atoms with E-state index in [4.69, 9.17) is 9.47 Å². The van der Waals surface area contributed by atoms with Crippen molar-refractivity contribution in [2.24, 2.45) is 0 Å². The molecule has 0 radical (unpaired) electrons. The van der Waals surface area contributed by atoms with Crippen LogP contribution in [0.15, 0.2) is 48.5 Å². The third-order valence-corrected chi connectivity index (χ3v) is 4.43. The minimum atomic E-state index is -0.285. The second-order valence-corrected chi connectivity index (χ2v) is 6.18. The number of hydrogen-bond acceptors (Lipinski definition) is 3. The Bertz CT molecular complexity index is 692. The Kier molecular flexibility index (Phi) is 5.53. The first-order valence-corrected chi connectivity index (χ1v) is 8.47. The fourth-order valence-electron chi connectivity index (χ4n) is 2.96. The van der Waals surface area contributed by atoms with E-state index in [-0.39, 0.29) is 17.8 Å². The number of benzene rings is 2. The molecule has 132 valence electrons. The summed E-state index contributed by atoms with van der Waals surface area (Å²) in [5.74, 6) is 1.41. The Balaban J connectivity index is 1.47. The van der Waals surface area contributed by atoms with E-state index in [1.807, 2.05) is 29.2 Å². The number of likely N-dealkylation sites (tertiary alicyclic amines) is 1. The van der Waals surface area contributed by atoms with Gasteiger partial charge in [0.2, 0.25) is 5.91 Å². The highest BCUT2D eigenvalue weighted by molar-refractivity contribution is 5.78. The van der Waals surface area contributed by atoms with Gasteiger partial charge >= 0.3 is 0 Å². The zero-order chi connectivity index (χ0) is 17.6. The lowest BCUT2D eigenvalue weighted by molar-refractivity contribution is -0.132. The van der Waals surface area contributed by atoms with Crippen molar-refractivity contribution in [3.05, 3.63) is 59.9 Å². The molecule has 1 heterocycles. The van der Waals surface area contributed by atoms with Gasteiger partial charge in [-0.15, -0.1) is 0 Å². The van der Waals surface area contributed by atoms with Crippen LogP contribution in [-0.2, 0) is 11.2 Å². The van der Waals surface area contributed by atoms with E-state index >= 15 is 0 Å². The van der Waals surface area contributed by atoms with Crippen LogP contribution in [0.5, 0.6) is 11.5 Å². The van der Waals surface area contributed by atoms with Crippen LogP contribution in [0, 0.1) is 5.82 Å². The molecule has 1 amide bonds. The molecule has 2 aromatic carbocycles. The third-order valence-electron chi connectivity index (χ3n) is 4.43. The highest BCUT2D eigenvalue weighted by atomic mass is 19.1. The Hall–Kier alpha value is -2.56. The van der Waals surface area contributed by atoms with Crippen LogP contribution in [0.25, 0.3) is 0 Å². The first kappa shape index (κ1) is 17.3. The molecule has 0 aromatic heterocycles. The van der Waals surface area contributed by atoms with Crippen LogP contribution in [0.2, 0.25) is 0 Å². The molecular formula is C20H22FNO3. The average molecular weight is 343 g/mol. The summed E-state index contributed by atoms with van der Waals surface area (Å²) < 4.78 is 24.0. The van der Waals surface area contributed by atoms with Gasteiger partial charge in [-0.1, -0.05) is 12.1 Å². The van der Waals surface area contributed by atoms with Gasteiger partial charge in [0.15, 0.2) is 0 Å². The monoisotopic (exact) mass is 343 g/mol. The molecule has 3 rings (SSSR count). The Labute approximate surface area is 147 Å². The lowest BCUT2D eigenvalue weighted by atomic mass is 10.1. The molecule has 25 heavy (non-hydrogen) atoms. The Morgan fingerprint density at radius 3 is 2.24 bits per heavy atom. The fourth-order valence-corrected chi connectivity index (χ4v) is 2.96. The maximum absolute atomic E-state index is 12.9. The lowest BCUT2D eigenvalue weighted by Crippen LogP contribution is -2.42. The second kappa shape index (κ2) is 8.01. The van der Waals surface area contributed by atoms with Crippen LogP contribution in [0.3, 0.4) is 0 Å².